The highest BCUT2D eigenvalue weighted by molar-refractivity contribution is 7.95. The summed E-state index contributed by atoms with van der Waals surface area (Å²) in [6.07, 6.45) is 5.76. The largest absolute Gasteiger partial charge is 0.401 e. The van der Waals surface area contributed by atoms with Gasteiger partial charge in [-0.05, 0) is 82.5 Å². The maximum atomic E-state index is 7.97. The fourth-order valence-electron chi connectivity index (χ4n) is 7.26. The Labute approximate surface area is 295 Å². The van der Waals surface area contributed by atoms with Crippen LogP contribution in [0.4, 0.5) is 0 Å². The van der Waals surface area contributed by atoms with Crippen molar-refractivity contribution < 1.29 is 4.43 Å². The third kappa shape index (κ3) is 7.31. The molecule has 1 unspecified atom stereocenters. The SMILES string of the molecule is CC(=Cc1ccccn1)C(CC[P+](c1ccccc1)(c1ccccc1)c1ccccc1)O[Si](c1ccccc1)(c1ccccc1)C(C)(C)C. The van der Waals surface area contributed by atoms with Crippen molar-refractivity contribution in [1.29, 1.82) is 0 Å². The molecular formula is C45H47NOPSi+. The Morgan fingerprint density at radius 1 is 0.612 bits per heavy atom. The molecular weight excluding hydrogens is 630 g/mol. The molecule has 6 rings (SSSR count). The Bertz CT molecular complexity index is 1770. The molecule has 0 spiro atoms. The molecule has 0 radical (unpaired) electrons. The van der Waals surface area contributed by atoms with Crippen LogP contribution in [0.3, 0.4) is 0 Å². The second kappa shape index (κ2) is 15.4. The number of hydrogen-bond acceptors (Lipinski definition) is 2. The lowest BCUT2D eigenvalue weighted by molar-refractivity contribution is 0.219. The summed E-state index contributed by atoms with van der Waals surface area (Å²) in [6, 6.07) is 61.7. The molecule has 1 heterocycles. The van der Waals surface area contributed by atoms with Crippen LogP contribution in [0.2, 0.25) is 5.04 Å². The van der Waals surface area contributed by atoms with E-state index in [2.05, 4.69) is 198 Å². The molecule has 5 aromatic carbocycles. The van der Waals surface area contributed by atoms with Crippen molar-refractivity contribution >= 4 is 47.9 Å². The van der Waals surface area contributed by atoms with Crippen molar-refractivity contribution in [3.8, 4) is 0 Å². The summed E-state index contributed by atoms with van der Waals surface area (Å²) in [5.74, 6) is 0. The molecule has 246 valence electrons. The quantitative estimate of drug-likeness (QED) is 0.0955. The molecule has 0 aliphatic rings. The van der Waals surface area contributed by atoms with E-state index >= 15 is 0 Å². The Morgan fingerprint density at radius 3 is 1.41 bits per heavy atom. The second-order valence-electron chi connectivity index (χ2n) is 13.7. The van der Waals surface area contributed by atoms with Crippen LogP contribution in [0.25, 0.3) is 6.08 Å². The third-order valence-electron chi connectivity index (χ3n) is 9.62. The van der Waals surface area contributed by atoms with E-state index in [1.165, 1.54) is 31.9 Å². The van der Waals surface area contributed by atoms with Crippen molar-refractivity contribution in [2.75, 3.05) is 6.16 Å². The van der Waals surface area contributed by atoms with E-state index in [1.54, 1.807) is 0 Å². The predicted molar refractivity (Wildman–Crippen MR) is 215 cm³/mol. The van der Waals surface area contributed by atoms with Crippen molar-refractivity contribution in [2.24, 2.45) is 0 Å². The molecule has 0 aliphatic carbocycles. The summed E-state index contributed by atoms with van der Waals surface area (Å²) in [7, 11) is -4.96. The molecule has 0 fully saturated rings. The molecule has 0 amide bonds. The summed E-state index contributed by atoms with van der Waals surface area (Å²) >= 11 is 0. The molecule has 0 saturated heterocycles. The molecule has 49 heavy (non-hydrogen) atoms. The maximum absolute atomic E-state index is 7.97. The molecule has 0 saturated carbocycles. The van der Waals surface area contributed by atoms with Crippen LogP contribution in [0.5, 0.6) is 0 Å². The van der Waals surface area contributed by atoms with Crippen LogP contribution in [-0.4, -0.2) is 25.6 Å². The molecule has 0 aliphatic heterocycles. The van der Waals surface area contributed by atoms with Gasteiger partial charge in [0.2, 0.25) is 0 Å². The zero-order chi connectivity index (χ0) is 34.2. The van der Waals surface area contributed by atoms with Gasteiger partial charge in [-0.2, -0.15) is 0 Å². The molecule has 2 nitrogen and oxygen atoms in total. The first kappa shape index (κ1) is 34.5. The normalized spacial score (nSPS) is 13.2. The van der Waals surface area contributed by atoms with Crippen molar-refractivity contribution in [2.45, 2.75) is 45.3 Å². The minimum absolute atomic E-state index is 0.149. The van der Waals surface area contributed by atoms with E-state index in [1.807, 2.05) is 12.3 Å². The first-order chi connectivity index (χ1) is 23.8. The fourth-order valence-corrected chi connectivity index (χ4v) is 16.3. The highest BCUT2D eigenvalue weighted by Gasteiger charge is 2.52. The molecule has 1 aromatic heterocycles. The van der Waals surface area contributed by atoms with Crippen LogP contribution < -0.4 is 26.3 Å². The number of pyridine rings is 1. The average Bonchev–Trinajstić information content (AvgIpc) is 3.15. The lowest BCUT2D eigenvalue weighted by Crippen LogP contribution is -2.67. The Hall–Kier alpha value is -4.40. The number of benzene rings is 5. The first-order valence-electron chi connectivity index (χ1n) is 17.3. The van der Waals surface area contributed by atoms with Crippen molar-refractivity contribution in [1.82, 2.24) is 4.98 Å². The Morgan fingerprint density at radius 2 is 1.02 bits per heavy atom. The summed E-state index contributed by atoms with van der Waals surface area (Å²) in [6.45, 7) is 9.33. The van der Waals surface area contributed by atoms with Gasteiger partial charge < -0.3 is 4.43 Å². The summed E-state index contributed by atoms with van der Waals surface area (Å²) < 4.78 is 7.97. The Balaban J connectivity index is 1.55. The number of hydrogen-bond donors (Lipinski definition) is 0. The van der Waals surface area contributed by atoms with E-state index in [9.17, 15) is 0 Å². The minimum Gasteiger partial charge on any atom is -0.401 e. The lowest BCUT2D eigenvalue weighted by Gasteiger charge is -2.45. The minimum atomic E-state index is -2.88. The number of aromatic nitrogens is 1. The van der Waals surface area contributed by atoms with Gasteiger partial charge in [0.05, 0.1) is 18.0 Å². The predicted octanol–water partition coefficient (Wildman–Crippen LogP) is 8.81. The topological polar surface area (TPSA) is 22.1 Å². The first-order valence-corrected chi connectivity index (χ1v) is 21.2. The van der Waals surface area contributed by atoms with E-state index in [4.69, 9.17) is 9.41 Å². The molecule has 0 N–H and O–H groups in total. The van der Waals surface area contributed by atoms with Crippen LogP contribution >= 0.6 is 7.26 Å². The van der Waals surface area contributed by atoms with Gasteiger partial charge in [-0.15, -0.1) is 0 Å². The van der Waals surface area contributed by atoms with Gasteiger partial charge in [0.15, 0.2) is 0 Å². The van der Waals surface area contributed by atoms with Crippen molar-refractivity contribution in [3.63, 3.8) is 0 Å². The second-order valence-corrected chi connectivity index (χ2v) is 21.6. The molecule has 6 aromatic rings. The van der Waals surface area contributed by atoms with Gasteiger partial charge >= 0.3 is 0 Å². The van der Waals surface area contributed by atoms with E-state index in [0.717, 1.165) is 18.3 Å². The summed E-state index contributed by atoms with van der Waals surface area (Å²) in [5, 5.41) is 6.61. The zero-order valence-corrected chi connectivity index (χ0v) is 31.0. The third-order valence-corrected chi connectivity index (χ3v) is 19.1. The summed E-state index contributed by atoms with van der Waals surface area (Å²) in [5.41, 5.74) is 2.14. The van der Waals surface area contributed by atoms with Gasteiger partial charge in [-0.1, -0.05) is 142 Å². The summed E-state index contributed by atoms with van der Waals surface area (Å²) in [4.78, 5) is 4.70. The van der Waals surface area contributed by atoms with Crippen LogP contribution in [0, 0.1) is 0 Å². The van der Waals surface area contributed by atoms with Crippen LogP contribution in [0.1, 0.15) is 39.8 Å². The maximum Gasteiger partial charge on any atom is 0.261 e. The smallest absolute Gasteiger partial charge is 0.261 e. The molecule has 1 atom stereocenters. The van der Waals surface area contributed by atoms with Crippen LogP contribution in [-0.2, 0) is 4.43 Å². The standard InChI is InChI=1S/C45H47NOPSi/c1-37(36-38-22-20-21-34-46-38)44(47-49(45(2,3)4,42-29-16-8-17-30-42)43-31-18-9-19-32-43)33-35-48(39-23-10-5-11-24-39,40-25-12-6-13-26-40)41-27-14-7-15-28-41/h5-32,34,36,44H,33,35H2,1-4H3/q+1. The number of rotatable bonds is 12. The fraction of sp³-hybridized carbons (Fsp3) is 0.178. The average molecular weight is 677 g/mol. The van der Waals surface area contributed by atoms with Gasteiger partial charge in [0.1, 0.15) is 23.2 Å². The molecule has 0 bridgehead atoms. The number of nitrogens with zero attached hydrogens (tertiary/aromatic N) is 1. The monoisotopic (exact) mass is 676 g/mol. The van der Waals surface area contributed by atoms with Gasteiger partial charge in [-0.25, -0.2) is 0 Å². The van der Waals surface area contributed by atoms with Crippen molar-refractivity contribution in [3.05, 3.63) is 187 Å². The van der Waals surface area contributed by atoms with Gasteiger partial charge in [-0.3, -0.25) is 4.98 Å². The van der Waals surface area contributed by atoms with E-state index in [0.29, 0.717) is 0 Å². The molecule has 4 heteroatoms. The Kier molecular flexibility index (Phi) is 10.9. The highest BCUT2D eigenvalue weighted by Crippen LogP contribution is 2.56. The van der Waals surface area contributed by atoms with Gasteiger partial charge in [0, 0.05) is 12.6 Å². The van der Waals surface area contributed by atoms with Gasteiger partial charge in [0.25, 0.3) is 8.32 Å². The van der Waals surface area contributed by atoms with E-state index < -0.39 is 15.6 Å². The highest BCUT2D eigenvalue weighted by atomic mass is 31.2. The zero-order valence-electron chi connectivity index (χ0n) is 29.1. The lowest BCUT2D eigenvalue weighted by atomic mass is 10.1. The van der Waals surface area contributed by atoms with E-state index in [-0.39, 0.29) is 11.1 Å². The van der Waals surface area contributed by atoms with Crippen LogP contribution in [0.15, 0.2) is 182 Å².